The lowest BCUT2D eigenvalue weighted by atomic mass is 10.1. The first-order valence-corrected chi connectivity index (χ1v) is 5.91. The van der Waals surface area contributed by atoms with Crippen molar-refractivity contribution in [2.45, 2.75) is 13.3 Å². The molecule has 2 aromatic rings. The van der Waals surface area contributed by atoms with Crippen molar-refractivity contribution in [1.29, 1.82) is 0 Å². The van der Waals surface area contributed by atoms with Gasteiger partial charge in [-0.25, -0.2) is 4.39 Å². The van der Waals surface area contributed by atoms with Gasteiger partial charge in [0.2, 0.25) is 0 Å². The second-order valence-electron chi connectivity index (χ2n) is 4.08. The van der Waals surface area contributed by atoms with Crippen molar-refractivity contribution in [3.05, 3.63) is 53.6 Å². The number of benzene rings is 1. The van der Waals surface area contributed by atoms with Crippen LogP contribution in [-0.4, -0.2) is 10.9 Å². The van der Waals surface area contributed by atoms with E-state index in [9.17, 15) is 9.18 Å². The van der Waals surface area contributed by atoms with Gasteiger partial charge in [0.05, 0.1) is 11.8 Å². The van der Waals surface area contributed by atoms with E-state index in [2.05, 4.69) is 10.3 Å². The molecule has 0 saturated carbocycles. The Balaban J connectivity index is 2.20. The third-order valence-electron chi connectivity index (χ3n) is 2.80. The molecule has 0 aliphatic heterocycles. The quantitative estimate of drug-likeness (QED) is 0.832. The monoisotopic (exact) mass is 259 g/mol. The van der Waals surface area contributed by atoms with Crippen molar-refractivity contribution in [1.82, 2.24) is 4.98 Å². The summed E-state index contributed by atoms with van der Waals surface area (Å²) in [6, 6.07) is 6.57. The van der Waals surface area contributed by atoms with Crippen molar-refractivity contribution < 1.29 is 9.18 Å². The van der Waals surface area contributed by atoms with Crippen molar-refractivity contribution in [3.8, 4) is 0 Å². The maximum absolute atomic E-state index is 13.4. The molecular formula is C14H14FN3O. The van der Waals surface area contributed by atoms with E-state index < -0.39 is 11.7 Å². The number of halogens is 1. The number of nitrogen functional groups attached to an aromatic ring is 1. The molecule has 4 nitrogen and oxygen atoms in total. The summed E-state index contributed by atoms with van der Waals surface area (Å²) in [7, 11) is 0. The van der Waals surface area contributed by atoms with Crippen LogP contribution < -0.4 is 11.1 Å². The third kappa shape index (κ3) is 2.88. The first kappa shape index (κ1) is 13.0. The molecule has 3 N–H and O–H groups in total. The highest BCUT2D eigenvalue weighted by molar-refractivity contribution is 6.04. The van der Waals surface area contributed by atoms with E-state index >= 15 is 0 Å². The normalized spacial score (nSPS) is 10.2. The summed E-state index contributed by atoms with van der Waals surface area (Å²) in [5.41, 5.74) is 7.95. The molecule has 1 aromatic carbocycles. The SMILES string of the molecule is CCc1ccc(NC(=O)c2ccncc2F)cc1N. The van der Waals surface area contributed by atoms with Gasteiger partial charge < -0.3 is 11.1 Å². The molecule has 5 heteroatoms. The predicted molar refractivity (Wildman–Crippen MR) is 72.4 cm³/mol. The molecule has 0 saturated heterocycles. The molecule has 0 aliphatic carbocycles. The Morgan fingerprint density at radius 2 is 2.21 bits per heavy atom. The van der Waals surface area contributed by atoms with Gasteiger partial charge in [-0.3, -0.25) is 9.78 Å². The highest BCUT2D eigenvalue weighted by atomic mass is 19.1. The molecular weight excluding hydrogens is 245 g/mol. The highest BCUT2D eigenvalue weighted by Crippen LogP contribution is 2.19. The Kier molecular flexibility index (Phi) is 3.75. The number of aromatic nitrogens is 1. The maximum atomic E-state index is 13.4. The molecule has 2 rings (SSSR count). The highest BCUT2D eigenvalue weighted by Gasteiger charge is 2.11. The van der Waals surface area contributed by atoms with Gasteiger partial charge in [-0.1, -0.05) is 13.0 Å². The summed E-state index contributed by atoms with van der Waals surface area (Å²) >= 11 is 0. The average Bonchev–Trinajstić information content (AvgIpc) is 2.39. The molecule has 98 valence electrons. The molecule has 19 heavy (non-hydrogen) atoms. The molecule has 0 unspecified atom stereocenters. The van der Waals surface area contributed by atoms with Crippen LogP contribution in [-0.2, 0) is 6.42 Å². The van der Waals surface area contributed by atoms with Gasteiger partial charge >= 0.3 is 0 Å². The minimum atomic E-state index is -0.654. The van der Waals surface area contributed by atoms with Gasteiger partial charge in [0.25, 0.3) is 5.91 Å². The Morgan fingerprint density at radius 3 is 2.84 bits per heavy atom. The van der Waals surface area contributed by atoms with Gasteiger partial charge in [0.1, 0.15) is 0 Å². The molecule has 0 aliphatic rings. The number of aryl methyl sites for hydroxylation is 1. The Labute approximate surface area is 110 Å². The van der Waals surface area contributed by atoms with Crippen LogP contribution in [0, 0.1) is 5.82 Å². The number of pyridine rings is 1. The molecule has 0 radical (unpaired) electrons. The van der Waals surface area contributed by atoms with E-state index in [4.69, 9.17) is 5.73 Å². The minimum absolute atomic E-state index is 0.0480. The number of anilines is 2. The first-order chi connectivity index (χ1) is 9.11. The molecule has 0 bridgehead atoms. The van der Waals surface area contributed by atoms with E-state index in [0.717, 1.165) is 18.2 Å². The maximum Gasteiger partial charge on any atom is 0.258 e. The topological polar surface area (TPSA) is 68.0 Å². The zero-order chi connectivity index (χ0) is 13.8. The van der Waals surface area contributed by atoms with Crippen LogP contribution in [0.4, 0.5) is 15.8 Å². The van der Waals surface area contributed by atoms with Crippen LogP contribution >= 0.6 is 0 Å². The summed E-state index contributed by atoms with van der Waals surface area (Å²) in [6.45, 7) is 2.00. The van der Waals surface area contributed by atoms with E-state index in [1.165, 1.54) is 12.3 Å². The van der Waals surface area contributed by atoms with Crippen LogP contribution in [0.2, 0.25) is 0 Å². The minimum Gasteiger partial charge on any atom is -0.398 e. The fourth-order valence-electron chi connectivity index (χ4n) is 1.75. The fraction of sp³-hybridized carbons (Fsp3) is 0.143. The Hall–Kier alpha value is -2.43. The predicted octanol–water partition coefficient (Wildman–Crippen LogP) is 2.62. The van der Waals surface area contributed by atoms with Gasteiger partial charge in [-0.05, 0) is 30.2 Å². The van der Waals surface area contributed by atoms with E-state index in [-0.39, 0.29) is 5.56 Å². The summed E-state index contributed by atoms with van der Waals surface area (Å²) in [4.78, 5) is 15.5. The van der Waals surface area contributed by atoms with Crippen molar-refractivity contribution in [2.75, 3.05) is 11.1 Å². The summed E-state index contributed by atoms with van der Waals surface area (Å²) < 4.78 is 13.4. The van der Waals surface area contributed by atoms with Gasteiger partial charge in [0.15, 0.2) is 5.82 Å². The second-order valence-corrected chi connectivity index (χ2v) is 4.08. The van der Waals surface area contributed by atoms with Crippen molar-refractivity contribution in [2.24, 2.45) is 0 Å². The zero-order valence-corrected chi connectivity index (χ0v) is 10.5. The van der Waals surface area contributed by atoms with Crippen molar-refractivity contribution in [3.63, 3.8) is 0 Å². The number of nitrogens with two attached hydrogens (primary N) is 1. The van der Waals surface area contributed by atoms with E-state index in [0.29, 0.717) is 11.4 Å². The van der Waals surface area contributed by atoms with Crippen LogP contribution in [0.15, 0.2) is 36.7 Å². The number of amides is 1. The van der Waals surface area contributed by atoms with Gasteiger partial charge in [0, 0.05) is 17.6 Å². The Morgan fingerprint density at radius 1 is 1.42 bits per heavy atom. The molecule has 0 spiro atoms. The second kappa shape index (κ2) is 5.48. The number of nitrogens with zero attached hydrogens (tertiary/aromatic N) is 1. The van der Waals surface area contributed by atoms with Crippen LogP contribution in [0.1, 0.15) is 22.8 Å². The van der Waals surface area contributed by atoms with Crippen LogP contribution in [0.5, 0.6) is 0 Å². The lowest BCUT2D eigenvalue weighted by Crippen LogP contribution is -2.14. The summed E-state index contributed by atoms with van der Waals surface area (Å²) in [5.74, 6) is -1.18. The van der Waals surface area contributed by atoms with E-state index in [1.807, 2.05) is 13.0 Å². The number of hydrogen-bond acceptors (Lipinski definition) is 3. The zero-order valence-electron chi connectivity index (χ0n) is 10.5. The fourth-order valence-corrected chi connectivity index (χ4v) is 1.75. The summed E-state index contributed by atoms with van der Waals surface area (Å²) in [5, 5.41) is 2.60. The molecule has 1 heterocycles. The number of carbonyl (C=O) groups excluding carboxylic acids is 1. The molecule has 0 fully saturated rings. The summed E-state index contributed by atoms with van der Waals surface area (Å²) in [6.07, 6.45) is 3.19. The van der Waals surface area contributed by atoms with E-state index in [1.54, 1.807) is 12.1 Å². The number of carbonyl (C=O) groups is 1. The van der Waals surface area contributed by atoms with Crippen LogP contribution in [0.3, 0.4) is 0 Å². The molecule has 1 amide bonds. The third-order valence-corrected chi connectivity index (χ3v) is 2.80. The first-order valence-electron chi connectivity index (χ1n) is 5.91. The number of hydrogen-bond donors (Lipinski definition) is 2. The molecule has 1 aromatic heterocycles. The standard InChI is InChI=1S/C14H14FN3O/c1-2-9-3-4-10(7-13(9)16)18-14(19)11-5-6-17-8-12(11)15/h3-8H,2,16H2,1H3,(H,18,19). The van der Waals surface area contributed by atoms with Gasteiger partial charge in [-0.15, -0.1) is 0 Å². The smallest absolute Gasteiger partial charge is 0.258 e. The van der Waals surface area contributed by atoms with Gasteiger partial charge in [-0.2, -0.15) is 0 Å². The number of nitrogens with one attached hydrogen (secondary N) is 1. The lowest BCUT2D eigenvalue weighted by Gasteiger charge is -2.08. The molecule has 0 atom stereocenters. The lowest BCUT2D eigenvalue weighted by molar-refractivity contribution is 0.102. The Bertz CT molecular complexity index is 613. The average molecular weight is 259 g/mol. The number of rotatable bonds is 3. The van der Waals surface area contributed by atoms with Crippen molar-refractivity contribution >= 4 is 17.3 Å². The largest absolute Gasteiger partial charge is 0.398 e. The van der Waals surface area contributed by atoms with Crippen LogP contribution in [0.25, 0.3) is 0 Å².